The highest BCUT2D eigenvalue weighted by Gasteiger charge is 2.33. The van der Waals surface area contributed by atoms with Crippen LogP contribution in [0.4, 0.5) is 0 Å². The molecule has 4 amide bonds. The van der Waals surface area contributed by atoms with E-state index in [9.17, 15) is 19.2 Å². The number of imidazole rings is 1. The Hall–Kier alpha value is -3.73. The number of nitrogens with one attached hydrogen (secondary N) is 4. The fourth-order valence-electron chi connectivity index (χ4n) is 4.69. The van der Waals surface area contributed by atoms with Crippen molar-refractivity contribution in [1.82, 2.24) is 30.8 Å². The quantitative estimate of drug-likeness (QED) is 0.404. The molecule has 3 atom stereocenters. The molecule has 11 nitrogen and oxygen atoms in total. The van der Waals surface area contributed by atoms with Gasteiger partial charge in [-0.05, 0) is 37.7 Å². The summed E-state index contributed by atoms with van der Waals surface area (Å²) in [5.41, 5.74) is 1.86. The van der Waals surface area contributed by atoms with Crippen LogP contribution in [0.15, 0.2) is 36.7 Å². The van der Waals surface area contributed by atoms with E-state index in [0.29, 0.717) is 19.7 Å². The number of aromatic nitrogens is 2. The topological polar surface area (TPSA) is 143 Å². The SMILES string of the molecule is Cc1ccc(CNC(=O)[C@H]2NC(=O)[C@H](CC(=O)NCC(C)(C)C)NC(=O)c3nccn3CCCCCCCO[C@H]2C)cc1. The fourth-order valence-corrected chi connectivity index (χ4v) is 4.69. The third kappa shape index (κ3) is 11.5. The van der Waals surface area contributed by atoms with Crippen molar-refractivity contribution in [2.45, 2.75) is 104 Å². The number of carbonyl (C=O) groups is 4. The zero-order valence-corrected chi connectivity index (χ0v) is 26.2. The van der Waals surface area contributed by atoms with Crippen molar-refractivity contribution in [3.63, 3.8) is 0 Å². The number of hydrogen-bond acceptors (Lipinski definition) is 6. The van der Waals surface area contributed by atoms with Crippen LogP contribution in [0.5, 0.6) is 0 Å². The molecular weight excluding hydrogens is 548 g/mol. The van der Waals surface area contributed by atoms with Gasteiger partial charge in [-0.1, -0.05) is 69.9 Å². The van der Waals surface area contributed by atoms with Crippen LogP contribution in [-0.4, -0.2) is 64.5 Å². The smallest absolute Gasteiger partial charge is 0.287 e. The lowest BCUT2D eigenvalue weighted by molar-refractivity contribution is -0.134. The number of nitrogens with zero attached hydrogens (tertiary/aromatic N) is 2. The van der Waals surface area contributed by atoms with E-state index in [-0.39, 0.29) is 24.2 Å². The van der Waals surface area contributed by atoms with Gasteiger partial charge in [0.1, 0.15) is 12.1 Å². The second-order valence-corrected chi connectivity index (χ2v) is 12.5. The van der Waals surface area contributed by atoms with Crippen LogP contribution in [0.25, 0.3) is 0 Å². The van der Waals surface area contributed by atoms with Gasteiger partial charge in [0.25, 0.3) is 5.91 Å². The van der Waals surface area contributed by atoms with Gasteiger partial charge in [-0.3, -0.25) is 19.2 Å². The maximum absolute atomic E-state index is 13.7. The Kier molecular flexibility index (Phi) is 12.7. The minimum absolute atomic E-state index is 0.168. The van der Waals surface area contributed by atoms with Crippen molar-refractivity contribution in [2.24, 2.45) is 5.41 Å². The molecule has 3 rings (SSSR count). The summed E-state index contributed by atoms with van der Waals surface area (Å²) in [6, 6.07) is 5.50. The van der Waals surface area contributed by atoms with Gasteiger partial charge in [-0.2, -0.15) is 0 Å². The number of rotatable bonds is 6. The van der Waals surface area contributed by atoms with Crippen LogP contribution in [0, 0.1) is 12.3 Å². The summed E-state index contributed by atoms with van der Waals surface area (Å²) in [7, 11) is 0. The Morgan fingerprint density at radius 3 is 2.44 bits per heavy atom. The van der Waals surface area contributed by atoms with E-state index >= 15 is 0 Å². The standard InChI is InChI=1S/C32H48N6O5/c1-22-11-13-24(14-12-22)20-34-30(41)27-23(2)43-18-10-8-6-7-9-16-38-17-15-33-28(38)31(42)36-25(29(40)37-27)19-26(39)35-21-32(3,4)5/h11-15,17,23,25,27H,6-10,16,18-21H2,1-5H3,(H,34,41)(H,35,39)(H,36,42)(H,37,40)/t23-,25-,27-/m0/s1. The van der Waals surface area contributed by atoms with E-state index in [1.165, 1.54) is 0 Å². The molecule has 0 saturated heterocycles. The van der Waals surface area contributed by atoms with Crippen LogP contribution in [0.2, 0.25) is 0 Å². The number of ether oxygens (including phenoxy) is 1. The molecule has 43 heavy (non-hydrogen) atoms. The maximum atomic E-state index is 13.7. The lowest BCUT2D eigenvalue weighted by atomic mass is 9.97. The molecule has 11 heteroatoms. The van der Waals surface area contributed by atoms with Gasteiger partial charge in [-0.25, -0.2) is 4.98 Å². The molecule has 1 aromatic heterocycles. The molecule has 0 fully saturated rings. The maximum Gasteiger partial charge on any atom is 0.287 e. The molecule has 0 spiro atoms. The van der Waals surface area contributed by atoms with Gasteiger partial charge in [0.2, 0.25) is 17.7 Å². The fraction of sp³-hybridized carbons (Fsp3) is 0.594. The Morgan fingerprint density at radius 1 is 1.02 bits per heavy atom. The summed E-state index contributed by atoms with van der Waals surface area (Å²) in [5.74, 6) is -1.87. The lowest BCUT2D eigenvalue weighted by Gasteiger charge is -2.27. The van der Waals surface area contributed by atoms with Crippen LogP contribution in [-0.2, 0) is 32.2 Å². The summed E-state index contributed by atoms with van der Waals surface area (Å²) in [6.07, 6.45) is 6.98. The molecule has 2 aromatic rings. The highest BCUT2D eigenvalue weighted by molar-refractivity contribution is 5.98. The number of amides is 4. The van der Waals surface area contributed by atoms with Crippen LogP contribution in [0.3, 0.4) is 0 Å². The van der Waals surface area contributed by atoms with Crippen molar-refractivity contribution in [3.05, 3.63) is 53.6 Å². The first kappa shape index (κ1) is 33.8. The molecule has 0 aliphatic carbocycles. The molecule has 4 N–H and O–H groups in total. The van der Waals surface area contributed by atoms with Gasteiger partial charge >= 0.3 is 0 Å². The van der Waals surface area contributed by atoms with Gasteiger partial charge in [-0.15, -0.1) is 0 Å². The predicted octanol–water partition coefficient (Wildman–Crippen LogP) is 3.01. The monoisotopic (exact) mass is 596 g/mol. The molecular formula is C32H48N6O5. The molecule has 1 aliphatic heterocycles. The van der Waals surface area contributed by atoms with Crippen molar-refractivity contribution < 1.29 is 23.9 Å². The summed E-state index contributed by atoms with van der Waals surface area (Å²) in [4.78, 5) is 57.6. The zero-order chi connectivity index (χ0) is 31.4. The summed E-state index contributed by atoms with van der Waals surface area (Å²) < 4.78 is 7.77. The van der Waals surface area contributed by atoms with E-state index in [4.69, 9.17) is 4.74 Å². The third-order valence-corrected chi connectivity index (χ3v) is 7.31. The number of carbonyl (C=O) groups excluding carboxylic acids is 4. The molecule has 236 valence electrons. The Labute approximate surface area is 254 Å². The first-order chi connectivity index (χ1) is 20.4. The van der Waals surface area contributed by atoms with E-state index < -0.39 is 41.8 Å². The predicted molar refractivity (Wildman–Crippen MR) is 164 cm³/mol. The van der Waals surface area contributed by atoms with Crippen molar-refractivity contribution in [3.8, 4) is 0 Å². The largest absolute Gasteiger partial charge is 0.376 e. The van der Waals surface area contributed by atoms with Gasteiger partial charge in [0.15, 0.2) is 5.82 Å². The van der Waals surface area contributed by atoms with Gasteiger partial charge < -0.3 is 30.6 Å². The summed E-state index contributed by atoms with van der Waals surface area (Å²) in [5, 5.41) is 11.2. The lowest BCUT2D eigenvalue weighted by Crippen LogP contribution is -2.58. The van der Waals surface area contributed by atoms with Crippen LogP contribution < -0.4 is 21.3 Å². The molecule has 1 aliphatic rings. The third-order valence-electron chi connectivity index (χ3n) is 7.31. The Balaban J connectivity index is 1.83. The summed E-state index contributed by atoms with van der Waals surface area (Å²) in [6.45, 7) is 11.4. The normalized spacial score (nSPS) is 21.1. The second kappa shape index (κ2) is 16.2. The molecule has 1 aromatic carbocycles. The highest BCUT2D eigenvalue weighted by Crippen LogP contribution is 2.12. The minimum Gasteiger partial charge on any atom is -0.376 e. The van der Waals surface area contributed by atoms with Crippen molar-refractivity contribution in [1.29, 1.82) is 0 Å². The molecule has 0 unspecified atom stereocenters. The first-order valence-electron chi connectivity index (χ1n) is 15.3. The van der Waals surface area contributed by atoms with E-state index in [0.717, 1.165) is 43.2 Å². The first-order valence-corrected chi connectivity index (χ1v) is 15.3. The van der Waals surface area contributed by atoms with Crippen LogP contribution >= 0.6 is 0 Å². The van der Waals surface area contributed by atoms with Crippen molar-refractivity contribution >= 4 is 23.6 Å². The van der Waals surface area contributed by atoms with Crippen LogP contribution in [0.1, 0.15) is 88.0 Å². The Bertz CT molecular complexity index is 1220. The van der Waals surface area contributed by atoms with Gasteiger partial charge in [0, 0.05) is 38.6 Å². The summed E-state index contributed by atoms with van der Waals surface area (Å²) >= 11 is 0. The number of aryl methyl sites for hydroxylation is 2. The average molecular weight is 597 g/mol. The number of fused-ring (bicyclic) bond motifs is 1. The molecule has 0 radical (unpaired) electrons. The molecule has 0 bridgehead atoms. The zero-order valence-electron chi connectivity index (χ0n) is 26.2. The van der Waals surface area contributed by atoms with Gasteiger partial charge in [0.05, 0.1) is 12.5 Å². The average Bonchev–Trinajstić information content (AvgIpc) is 3.43. The van der Waals surface area contributed by atoms with E-state index in [1.807, 2.05) is 52.0 Å². The number of benzene rings is 1. The minimum atomic E-state index is -1.24. The van der Waals surface area contributed by atoms with Crippen molar-refractivity contribution in [2.75, 3.05) is 13.2 Å². The molecule has 2 heterocycles. The number of hydrogen-bond donors (Lipinski definition) is 4. The van der Waals surface area contributed by atoms with E-state index in [1.54, 1.807) is 23.9 Å². The van der Waals surface area contributed by atoms with E-state index in [2.05, 4.69) is 26.3 Å². The molecule has 0 saturated carbocycles. The Morgan fingerprint density at radius 2 is 1.72 bits per heavy atom. The highest BCUT2D eigenvalue weighted by atomic mass is 16.5. The second-order valence-electron chi connectivity index (χ2n) is 12.5.